The highest BCUT2D eigenvalue weighted by Gasteiger charge is 2.35. The van der Waals surface area contributed by atoms with E-state index < -0.39 is 41.9 Å². The predicted molar refractivity (Wildman–Crippen MR) is 140 cm³/mol. The third kappa shape index (κ3) is 7.68. The number of carbonyl (C=O) groups is 2. The summed E-state index contributed by atoms with van der Waals surface area (Å²) in [4.78, 5) is 31.8. The first kappa shape index (κ1) is 30.6. The molecule has 0 spiro atoms. The van der Waals surface area contributed by atoms with Gasteiger partial charge in [0.1, 0.15) is 0 Å². The number of hydrogen-bond acceptors (Lipinski definition) is 5. The minimum Gasteiger partial charge on any atom is -0.465 e. The molecular formula is C28H27F6N5O3. The van der Waals surface area contributed by atoms with Crippen molar-refractivity contribution in [3.63, 3.8) is 0 Å². The Morgan fingerprint density at radius 1 is 0.952 bits per heavy atom. The molecule has 0 saturated carbocycles. The number of aromatic nitrogens is 2. The van der Waals surface area contributed by atoms with E-state index in [4.69, 9.17) is 10.8 Å². The number of amides is 2. The van der Waals surface area contributed by atoms with Crippen molar-refractivity contribution in [1.29, 1.82) is 0 Å². The standard InChI is InChI=1S/C28H27F6N5O3/c29-27(30,31)20-5-1-17(19(13-20)14-24(35)40)4-8-23-22(28(32,33)34)15-36-25(38-23)37-21-6-2-16(3-7-21)18-9-11-39(12-10-18)26(41)42/h1-3,5-7,13,15,18H,4,8-12,14H2,(H2,35,40)(H,41,42)(H,36,37,38). The van der Waals surface area contributed by atoms with Gasteiger partial charge >= 0.3 is 18.4 Å². The molecule has 0 atom stereocenters. The van der Waals surface area contributed by atoms with E-state index in [-0.39, 0.29) is 41.5 Å². The van der Waals surface area contributed by atoms with Crippen molar-refractivity contribution < 1.29 is 41.0 Å². The Kier molecular flexibility index (Phi) is 8.92. The lowest BCUT2D eigenvalue weighted by Gasteiger charge is -2.30. The Morgan fingerprint density at radius 3 is 2.19 bits per heavy atom. The molecule has 2 amide bonds. The summed E-state index contributed by atoms with van der Waals surface area (Å²) in [5.74, 6) is -0.810. The number of piperidine rings is 1. The molecule has 0 aliphatic carbocycles. The van der Waals surface area contributed by atoms with Gasteiger partial charge in [-0.3, -0.25) is 4.79 Å². The van der Waals surface area contributed by atoms with Gasteiger partial charge in [0.2, 0.25) is 11.9 Å². The van der Waals surface area contributed by atoms with Crippen LogP contribution in [-0.2, 0) is 36.4 Å². The molecule has 42 heavy (non-hydrogen) atoms. The maximum absolute atomic E-state index is 13.7. The second kappa shape index (κ2) is 12.2. The monoisotopic (exact) mass is 595 g/mol. The van der Waals surface area contributed by atoms with Crippen molar-refractivity contribution in [3.8, 4) is 0 Å². The molecule has 2 aromatic carbocycles. The first-order valence-electron chi connectivity index (χ1n) is 13.0. The van der Waals surface area contributed by atoms with Crippen LogP contribution >= 0.6 is 0 Å². The second-order valence-electron chi connectivity index (χ2n) is 9.97. The molecule has 8 nitrogen and oxygen atoms in total. The summed E-state index contributed by atoms with van der Waals surface area (Å²) in [5, 5.41) is 12.0. The molecule has 224 valence electrons. The molecule has 0 radical (unpaired) electrons. The molecule has 3 aromatic rings. The maximum atomic E-state index is 13.7. The number of nitrogens with zero attached hydrogens (tertiary/aromatic N) is 3. The number of rotatable bonds is 8. The first-order valence-corrected chi connectivity index (χ1v) is 13.0. The van der Waals surface area contributed by atoms with Crippen LogP contribution in [0.25, 0.3) is 0 Å². The maximum Gasteiger partial charge on any atom is 0.419 e. The van der Waals surface area contributed by atoms with Crippen molar-refractivity contribution in [2.24, 2.45) is 5.73 Å². The normalized spacial score (nSPS) is 14.6. The van der Waals surface area contributed by atoms with Gasteiger partial charge in [-0.1, -0.05) is 18.2 Å². The summed E-state index contributed by atoms with van der Waals surface area (Å²) in [5.41, 5.74) is 4.47. The van der Waals surface area contributed by atoms with E-state index in [9.17, 15) is 35.9 Å². The number of nitrogens with two attached hydrogens (primary N) is 1. The Labute approximate surface area is 236 Å². The number of anilines is 2. The van der Waals surface area contributed by atoms with Gasteiger partial charge in [0, 0.05) is 25.0 Å². The van der Waals surface area contributed by atoms with E-state index in [0.717, 1.165) is 23.8 Å². The van der Waals surface area contributed by atoms with Gasteiger partial charge in [-0.15, -0.1) is 0 Å². The van der Waals surface area contributed by atoms with Crippen LogP contribution in [0.1, 0.15) is 52.3 Å². The zero-order valence-corrected chi connectivity index (χ0v) is 22.1. The number of halogens is 6. The van der Waals surface area contributed by atoms with Crippen molar-refractivity contribution in [1.82, 2.24) is 14.9 Å². The lowest BCUT2D eigenvalue weighted by molar-refractivity contribution is -0.139. The summed E-state index contributed by atoms with van der Waals surface area (Å²) in [7, 11) is 0. The molecule has 1 fully saturated rings. The zero-order valence-electron chi connectivity index (χ0n) is 22.1. The zero-order chi connectivity index (χ0) is 30.7. The lowest BCUT2D eigenvalue weighted by atomic mass is 9.89. The van der Waals surface area contributed by atoms with Crippen molar-refractivity contribution >= 4 is 23.6 Å². The molecule has 2 heterocycles. The highest BCUT2D eigenvalue weighted by molar-refractivity contribution is 5.77. The fourth-order valence-electron chi connectivity index (χ4n) is 4.93. The van der Waals surface area contributed by atoms with Crippen molar-refractivity contribution in [2.75, 3.05) is 18.4 Å². The highest BCUT2D eigenvalue weighted by Crippen LogP contribution is 2.34. The van der Waals surface area contributed by atoms with Crippen LogP contribution in [0.2, 0.25) is 0 Å². The summed E-state index contributed by atoms with van der Waals surface area (Å²) in [6.07, 6.45) is -9.33. The minimum atomic E-state index is -4.78. The van der Waals surface area contributed by atoms with Gasteiger partial charge in [0.25, 0.3) is 0 Å². The molecule has 1 aliphatic rings. The van der Waals surface area contributed by atoms with E-state index >= 15 is 0 Å². The van der Waals surface area contributed by atoms with Crippen molar-refractivity contribution in [2.45, 2.75) is 50.4 Å². The summed E-state index contributed by atoms with van der Waals surface area (Å²) >= 11 is 0. The van der Waals surface area contributed by atoms with Gasteiger partial charge in [-0.25, -0.2) is 14.8 Å². The molecule has 1 aliphatic heterocycles. The van der Waals surface area contributed by atoms with E-state index in [1.165, 1.54) is 4.90 Å². The van der Waals surface area contributed by atoms with E-state index in [1.54, 1.807) is 12.1 Å². The van der Waals surface area contributed by atoms with Crippen LogP contribution < -0.4 is 11.1 Å². The van der Waals surface area contributed by atoms with Gasteiger partial charge in [-0.2, -0.15) is 26.3 Å². The Balaban J connectivity index is 1.51. The lowest BCUT2D eigenvalue weighted by Crippen LogP contribution is -2.36. The number of hydrogen-bond donors (Lipinski definition) is 3. The smallest absolute Gasteiger partial charge is 0.419 e. The van der Waals surface area contributed by atoms with E-state index in [1.807, 2.05) is 12.1 Å². The summed E-state index contributed by atoms with van der Waals surface area (Å²) in [6.45, 7) is 0.858. The quantitative estimate of drug-likeness (QED) is 0.278. The van der Waals surface area contributed by atoms with Crippen LogP contribution in [0.5, 0.6) is 0 Å². The SMILES string of the molecule is NC(=O)Cc1cc(C(F)(F)F)ccc1CCc1nc(Nc2ccc(C3CCN(C(=O)O)CC3)cc2)ncc1C(F)(F)F. The third-order valence-corrected chi connectivity index (χ3v) is 7.11. The fourth-order valence-corrected chi connectivity index (χ4v) is 4.93. The van der Waals surface area contributed by atoms with Crippen LogP contribution in [0, 0.1) is 0 Å². The molecule has 0 bridgehead atoms. The number of primary amides is 1. The number of likely N-dealkylation sites (tertiary alicyclic amines) is 1. The largest absolute Gasteiger partial charge is 0.465 e. The topological polar surface area (TPSA) is 121 Å². The number of benzene rings is 2. The van der Waals surface area contributed by atoms with Crippen LogP contribution in [-0.4, -0.2) is 45.1 Å². The second-order valence-corrected chi connectivity index (χ2v) is 9.97. The Morgan fingerprint density at radius 2 is 1.62 bits per heavy atom. The number of nitrogens with one attached hydrogen (secondary N) is 1. The predicted octanol–water partition coefficient (Wildman–Crippen LogP) is 5.93. The molecule has 0 unspecified atom stereocenters. The third-order valence-electron chi connectivity index (χ3n) is 7.11. The molecule has 1 aromatic heterocycles. The average Bonchev–Trinajstić information content (AvgIpc) is 2.91. The fraction of sp³-hybridized carbons (Fsp3) is 0.357. The van der Waals surface area contributed by atoms with Gasteiger partial charge in [0.05, 0.1) is 23.2 Å². The Hall–Kier alpha value is -4.36. The summed E-state index contributed by atoms with van der Waals surface area (Å²) in [6, 6.07) is 9.84. The molecule has 4 N–H and O–H groups in total. The van der Waals surface area contributed by atoms with Crippen molar-refractivity contribution in [3.05, 3.63) is 82.2 Å². The van der Waals surface area contributed by atoms with E-state index in [0.29, 0.717) is 37.8 Å². The van der Waals surface area contributed by atoms with Crippen LogP contribution in [0.4, 0.5) is 42.8 Å². The number of carbonyl (C=O) groups excluding carboxylic acids is 1. The Bertz CT molecular complexity index is 1440. The first-order chi connectivity index (χ1) is 19.7. The number of alkyl halides is 6. The number of aryl methyl sites for hydroxylation is 2. The van der Waals surface area contributed by atoms with E-state index in [2.05, 4.69) is 15.3 Å². The average molecular weight is 596 g/mol. The van der Waals surface area contributed by atoms with Crippen LogP contribution in [0.3, 0.4) is 0 Å². The van der Waals surface area contributed by atoms with Gasteiger partial charge in [0.15, 0.2) is 0 Å². The number of carboxylic acid groups (broad SMARTS) is 1. The van der Waals surface area contributed by atoms with Crippen LogP contribution in [0.15, 0.2) is 48.7 Å². The minimum absolute atomic E-state index is 0.0213. The highest BCUT2D eigenvalue weighted by atomic mass is 19.4. The molecule has 1 saturated heterocycles. The summed E-state index contributed by atoms with van der Waals surface area (Å²) < 4.78 is 80.7. The van der Waals surface area contributed by atoms with Gasteiger partial charge in [-0.05, 0) is 72.6 Å². The molecule has 14 heteroatoms. The van der Waals surface area contributed by atoms with Gasteiger partial charge < -0.3 is 21.1 Å². The molecule has 4 rings (SSSR count). The molecular weight excluding hydrogens is 568 g/mol.